The summed E-state index contributed by atoms with van der Waals surface area (Å²) in [4.78, 5) is 0. The van der Waals surface area contributed by atoms with Gasteiger partial charge in [-0.05, 0) is 87.0 Å². The van der Waals surface area contributed by atoms with E-state index in [4.69, 9.17) is 14.2 Å². The molecule has 1 aromatic rings. The number of aliphatic hydroxyl groups is 1. The molecule has 5 fully saturated rings. The van der Waals surface area contributed by atoms with Crippen LogP contribution in [0.1, 0.15) is 82.3 Å². The molecule has 2 N–H and O–H groups in total. The zero-order chi connectivity index (χ0) is 23.8. The molecule has 0 amide bonds. The summed E-state index contributed by atoms with van der Waals surface area (Å²) in [5.41, 5.74) is 5.93. The van der Waals surface area contributed by atoms with E-state index in [-0.39, 0.29) is 17.2 Å². The van der Waals surface area contributed by atoms with Crippen LogP contribution in [0.25, 0.3) is 0 Å². The zero-order valence-electron chi connectivity index (χ0n) is 21.4. The molecule has 1 spiro atoms. The second-order valence-corrected chi connectivity index (χ2v) is 12.6. The first-order valence-corrected chi connectivity index (χ1v) is 14.1. The lowest BCUT2D eigenvalue weighted by atomic mass is 9.52. The summed E-state index contributed by atoms with van der Waals surface area (Å²) in [5.74, 6) is 1.64. The van der Waals surface area contributed by atoms with Crippen LogP contribution in [-0.2, 0) is 20.0 Å². The van der Waals surface area contributed by atoms with Crippen molar-refractivity contribution in [2.24, 2.45) is 23.2 Å². The highest BCUT2D eigenvalue weighted by Crippen LogP contribution is 2.64. The SMILES string of the molecule is CC1(c2ccc([C@H]3C[C@@]4(C)C(CC[C@@H]4O)C4CCC5CC6(CCC5=C43)NCCO6)cc2)OCCO1. The number of benzene rings is 1. The minimum Gasteiger partial charge on any atom is -0.393 e. The van der Waals surface area contributed by atoms with Crippen LogP contribution in [0.4, 0.5) is 0 Å². The highest BCUT2D eigenvalue weighted by atomic mass is 16.7. The van der Waals surface area contributed by atoms with Crippen LogP contribution < -0.4 is 5.32 Å². The van der Waals surface area contributed by atoms with Crippen LogP contribution >= 0.6 is 0 Å². The van der Waals surface area contributed by atoms with Gasteiger partial charge in [-0.3, -0.25) is 5.32 Å². The highest BCUT2D eigenvalue weighted by Gasteiger charge is 2.57. The fraction of sp³-hybridized carbons (Fsp3) is 0.733. The average molecular weight is 480 g/mol. The van der Waals surface area contributed by atoms with Crippen LogP contribution in [0, 0.1) is 23.2 Å². The fourth-order valence-corrected chi connectivity index (χ4v) is 9.10. The van der Waals surface area contributed by atoms with E-state index in [0.29, 0.717) is 36.9 Å². The quantitative estimate of drug-likeness (QED) is 0.585. The first-order chi connectivity index (χ1) is 16.9. The molecule has 0 aromatic heterocycles. The van der Waals surface area contributed by atoms with Crippen LogP contribution in [0.15, 0.2) is 35.4 Å². The van der Waals surface area contributed by atoms with Crippen molar-refractivity contribution in [1.82, 2.24) is 5.32 Å². The summed E-state index contributed by atoms with van der Waals surface area (Å²) in [6.07, 6.45) is 8.94. The van der Waals surface area contributed by atoms with Gasteiger partial charge in [0, 0.05) is 18.0 Å². The van der Waals surface area contributed by atoms with E-state index in [2.05, 4.69) is 36.5 Å². The average Bonchev–Trinajstić information content (AvgIpc) is 3.59. The van der Waals surface area contributed by atoms with E-state index >= 15 is 0 Å². The van der Waals surface area contributed by atoms with Gasteiger partial charge < -0.3 is 19.3 Å². The highest BCUT2D eigenvalue weighted by molar-refractivity contribution is 5.42. The lowest BCUT2D eigenvalue weighted by Gasteiger charge is -2.54. The molecule has 2 heterocycles. The van der Waals surface area contributed by atoms with Crippen molar-refractivity contribution in [3.05, 3.63) is 46.5 Å². The van der Waals surface area contributed by atoms with Gasteiger partial charge in [0.25, 0.3) is 0 Å². The summed E-state index contributed by atoms with van der Waals surface area (Å²) in [6.45, 7) is 7.55. The van der Waals surface area contributed by atoms with Crippen LogP contribution in [0.3, 0.4) is 0 Å². The topological polar surface area (TPSA) is 60.0 Å². The molecule has 2 saturated heterocycles. The smallest absolute Gasteiger partial charge is 0.192 e. The summed E-state index contributed by atoms with van der Waals surface area (Å²) >= 11 is 0. The Balaban J connectivity index is 1.28. The normalized spacial score (nSPS) is 44.4. The Hall–Kier alpha value is -1.24. The standard InChI is InChI=1S/C30H41NO4/c1-28-18-24(19-3-6-21(7-4-19)29(2)33-15-16-34-29)27-22-11-12-30(31-13-14-35-30)17-20(22)5-8-23(27)25(28)9-10-26(28)32/h3-4,6-7,20,23-26,31-32H,5,8-18H2,1-2H3/t20?,23?,24-,25?,26+,28+,30?/m1/s1. The minimum atomic E-state index is -0.629. The van der Waals surface area contributed by atoms with Gasteiger partial charge in [-0.15, -0.1) is 0 Å². The number of aliphatic hydroxyl groups excluding tert-OH is 1. The van der Waals surface area contributed by atoms with Crippen LogP contribution in [0.2, 0.25) is 0 Å². The number of hydrogen-bond donors (Lipinski definition) is 2. The molecule has 5 heteroatoms. The summed E-state index contributed by atoms with van der Waals surface area (Å²) < 4.78 is 18.1. The number of allylic oxidation sites excluding steroid dienone is 2. The maximum Gasteiger partial charge on any atom is 0.192 e. The fourth-order valence-electron chi connectivity index (χ4n) is 9.10. The van der Waals surface area contributed by atoms with E-state index in [1.165, 1.54) is 24.8 Å². The van der Waals surface area contributed by atoms with E-state index in [9.17, 15) is 5.11 Å². The molecule has 0 radical (unpaired) electrons. The molecule has 190 valence electrons. The van der Waals surface area contributed by atoms with E-state index in [0.717, 1.165) is 50.8 Å². The van der Waals surface area contributed by atoms with E-state index in [1.807, 2.05) is 6.92 Å². The third-order valence-electron chi connectivity index (χ3n) is 10.9. The van der Waals surface area contributed by atoms with Gasteiger partial charge >= 0.3 is 0 Å². The third-order valence-corrected chi connectivity index (χ3v) is 10.9. The van der Waals surface area contributed by atoms with Crippen molar-refractivity contribution < 1.29 is 19.3 Å². The van der Waals surface area contributed by atoms with Gasteiger partial charge in [0.1, 0.15) is 5.72 Å². The Morgan fingerprint density at radius 2 is 1.71 bits per heavy atom. The van der Waals surface area contributed by atoms with Gasteiger partial charge in [0.05, 0.1) is 25.9 Å². The van der Waals surface area contributed by atoms with Crippen molar-refractivity contribution in [2.75, 3.05) is 26.4 Å². The molecule has 1 aromatic carbocycles. The summed E-state index contributed by atoms with van der Waals surface area (Å²) in [6, 6.07) is 9.07. The molecule has 4 unspecified atom stereocenters. The Morgan fingerprint density at radius 3 is 2.46 bits per heavy atom. The minimum absolute atomic E-state index is 0.0144. The van der Waals surface area contributed by atoms with Crippen LogP contribution in [0.5, 0.6) is 0 Å². The lowest BCUT2D eigenvalue weighted by Crippen LogP contribution is -2.49. The molecule has 7 atom stereocenters. The van der Waals surface area contributed by atoms with Crippen LogP contribution in [-0.4, -0.2) is 43.3 Å². The van der Waals surface area contributed by atoms with E-state index < -0.39 is 5.79 Å². The maximum absolute atomic E-state index is 11.2. The summed E-state index contributed by atoms with van der Waals surface area (Å²) in [5, 5.41) is 14.9. The number of ether oxygens (including phenoxy) is 3. The predicted molar refractivity (Wildman–Crippen MR) is 134 cm³/mol. The lowest BCUT2D eigenvalue weighted by molar-refractivity contribution is -0.149. The van der Waals surface area contributed by atoms with Crippen molar-refractivity contribution in [3.63, 3.8) is 0 Å². The predicted octanol–water partition coefficient (Wildman–Crippen LogP) is 4.99. The molecule has 2 aliphatic heterocycles. The second-order valence-electron chi connectivity index (χ2n) is 12.6. The number of nitrogens with one attached hydrogen (secondary N) is 1. The monoisotopic (exact) mass is 479 g/mol. The van der Waals surface area contributed by atoms with Gasteiger partial charge in [0.2, 0.25) is 0 Å². The first kappa shape index (κ1) is 22.9. The number of fused-ring (bicyclic) bond motifs is 4. The zero-order valence-corrected chi connectivity index (χ0v) is 21.4. The van der Waals surface area contributed by atoms with Crippen molar-refractivity contribution in [3.8, 4) is 0 Å². The van der Waals surface area contributed by atoms with Crippen molar-refractivity contribution >= 4 is 0 Å². The van der Waals surface area contributed by atoms with Gasteiger partial charge in [-0.25, -0.2) is 0 Å². The number of hydrogen-bond acceptors (Lipinski definition) is 5. The molecule has 6 aliphatic rings. The number of rotatable bonds is 2. The second kappa shape index (κ2) is 8.13. The van der Waals surface area contributed by atoms with Crippen molar-refractivity contribution in [2.45, 2.75) is 88.7 Å². The third kappa shape index (κ3) is 3.45. The summed E-state index contributed by atoms with van der Waals surface area (Å²) in [7, 11) is 0. The maximum atomic E-state index is 11.2. The largest absolute Gasteiger partial charge is 0.393 e. The molecule has 4 aliphatic carbocycles. The van der Waals surface area contributed by atoms with E-state index in [1.54, 1.807) is 11.1 Å². The molecule has 7 rings (SSSR count). The van der Waals surface area contributed by atoms with Gasteiger partial charge in [0.15, 0.2) is 5.79 Å². The van der Waals surface area contributed by atoms with Crippen molar-refractivity contribution in [1.29, 1.82) is 0 Å². The Morgan fingerprint density at radius 1 is 0.914 bits per heavy atom. The molecule has 0 bridgehead atoms. The molecule has 3 saturated carbocycles. The molecule has 35 heavy (non-hydrogen) atoms. The first-order valence-electron chi connectivity index (χ1n) is 14.1. The molecular weight excluding hydrogens is 438 g/mol. The molecule has 5 nitrogen and oxygen atoms in total. The Labute approximate surface area is 209 Å². The molecular formula is C30H41NO4. The van der Waals surface area contributed by atoms with Gasteiger partial charge in [-0.2, -0.15) is 0 Å². The van der Waals surface area contributed by atoms with Gasteiger partial charge in [-0.1, -0.05) is 42.3 Å². The Kier molecular flexibility index (Phi) is 5.32. The Bertz CT molecular complexity index is 1010.